The van der Waals surface area contributed by atoms with E-state index in [-0.39, 0.29) is 0 Å². The van der Waals surface area contributed by atoms with Crippen molar-refractivity contribution in [1.29, 1.82) is 0 Å². The largest absolute Gasteiger partial charge is 0.380 e. The predicted octanol–water partition coefficient (Wildman–Crippen LogP) is 2.64. The summed E-state index contributed by atoms with van der Waals surface area (Å²) in [5, 5.41) is 6.65. The summed E-state index contributed by atoms with van der Waals surface area (Å²) in [6.45, 7) is 15.0. The Morgan fingerprint density at radius 2 is 1.96 bits per heavy atom. The molecule has 0 bridgehead atoms. The van der Waals surface area contributed by atoms with Crippen LogP contribution in [-0.4, -0.2) is 63.5 Å². The first-order valence-corrected chi connectivity index (χ1v) is 10.6. The summed E-state index contributed by atoms with van der Waals surface area (Å²) in [6.07, 6.45) is 1.11. The van der Waals surface area contributed by atoms with E-state index in [0.29, 0.717) is 19.1 Å². The van der Waals surface area contributed by atoms with Gasteiger partial charge in [0.15, 0.2) is 5.96 Å². The molecule has 2 rings (SSSR count). The van der Waals surface area contributed by atoms with E-state index in [1.165, 1.54) is 11.1 Å². The van der Waals surface area contributed by atoms with Crippen molar-refractivity contribution in [2.24, 2.45) is 10.9 Å². The number of hydrogen-bond donors (Lipinski definition) is 2. The Bertz CT molecular complexity index is 571. The standard InChI is InChI=1S/C22H38N4O2/c1-4-23-22(24-9-13-27-12-8-19(2)3)25-17-20-6-5-7-21(16-20)18-26-10-14-28-15-11-26/h5-7,16,19H,4,8-15,17-18H2,1-3H3,(H2,23,24,25). The molecule has 0 radical (unpaired) electrons. The Labute approximate surface area is 170 Å². The number of aliphatic imine (C=N–C) groups is 1. The monoisotopic (exact) mass is 390 g/mol. The topological polar surface area (TPSA) is 58.1 Å². The molecule has 1 saturated heterocycles. The zero-order valence-electron chi connectivity index (χ0n) is 17.9. The van der Waals surface area contributed by atoms with Crippen LogP contribution in [0, 0.1) is 5.92 Å². The molecule has 1 aromatic carbocycles. The van der Waals surface area contributed by atoms with Gasteiger partial charge in [-0.05, 0) is 30.4 Å². The second-order valence-electron chi connectivity index (χ2n) is 7.63. The third-order valence-corrected chi connectivity index (χ3v) is 4.64. The Hall–Kier alpha value is -1.63. The lowest BCUT2D eigenvalue weighted by Crippen LogP contribution is -2.39. The predicted molar refractivity (Wildman–Crippen MR) is 116 cm³/mol. The molecular weight excluding hydrogens is 352 g/mol. The van der Waals surface area contributed by atoms with Gasteiger partial charge in [0, 0.05) is 39.3 Å². The second kappa shape index (κ2) is 13.5. The highest BCUT2D eigenvalue weighted by Crippen LogP contribution is 2.11. The number of hydrogen-bond acceptors (Lipinski definition) is 4. The SMILES string of the molecule is CCNC(=NCc1cccc(CN2CCOCC2)c1)NCCOCCC(C)C. The maximum absolute atomic E-state index is 5.66. The third-order valence-electron chi connectivity index (χ3n) is 4.64. The minimum Gasteiger partial charge on any atom is -0.380 e. The summed E-state index contributed by atoms with van der Waals surface area (Å²) >= 11 is 0. The van der Waals surface area contributed by atoms with Crippen LogP contribution in [0.4, 0.5) is 0 Å². The maximum Gasteiger partial charge on any atom is 0.191 e. The van der Waals surface area contributed by atoms with Crippen molar-refractivity contribution in [3.63, 3.8) is 0 Å². The van der Waals surface area contributed by atoms with Crippen LogP contribution in [0.3, 0.4) is 0 Å². The highest BCUT2D eigenvalue weighted by atomic mass is 16.5. The first-order chi connectivity index (χ1) is 13.7. The fourth-order valence-electron chi connectivity index (χ4n) is 3.02. The van der Waals surface area contributed by atoms with Crippen LogP contribution in [-0.2, 0) is 22.6 Å². The highest BCUT2D eigenvalue weighted by molar-refractivity contribution is 5.79. The summed E-state index contributed by atoms with van der Waals surface area (Å²) in [4.78, 5) is 7.16. The van der Waals surface area contributed by atoms with Gasteiger partial charge in [0.2, 0.25) is 0 Å². The number of nitrogens with zero attached hydrogens (tertiary/aromatic N) is 2. The van der Waals surface area contributed by atoms with E-state index in [1.54, 1.807) is 0 Å². The minimum atomic E-state index is 0.667. The number of benzene rings is 1. The van der Waals surface area contributed by atoms with Crippen LogP contribution >= 0.6 is 0 Å². The summed E-state index contributed by atoms with van der Waals surface area (Å²) in [6, 6.07) is 8.73. The van der Waals surface area contributed by atoms with Crippen molar-refractivity contribution >= 4 is 5.96 Å². The number of guanidine groups is 1. The highest BCUT2D eigenvalue weighted by Gasteiger charge is 2.10. The maximum atomic E-state index is 5.66. The lowest BCUT2D eigenvalue weighted by atomic mass is 10.1. The fourth-order valence-corrected chi connectivity index (χ4v) is 3.02. The summed E-state index contributed by atoms with van der Waals surface area (Å²) < 4.78 is 11.1. The van der Waals surface area contributed by atoms with Gasteiger partial charge in [0.05, 0.1) is 26.4 Å². The molecule has 1 fully saturated rings. The van der Waals surface area contributed by atoms with Crippen molar-refractivity contribution in [2.45, 2.75) is 40.3 Å². The number of morpholine rings is 1. The Kier molecular flexibility index (Phi) is 10.9. The van der Waals surface area contributed by atoms with Crippen LogP contribution in [0.5, 0.6) is 0 Å². The van der Waals surface area contributed by atoms with Gasteiger partial charge in [-0.2, -0.15) is 0 Å². The molecule has 158 valence electrons. The summed E-state index contributed by atoms with van der Waals surface area (Å²) in [5.41, 5.74) is 2.57. The van der Waals surface area contributed by atoms with E-state index in [9.17, 15) is 0 Å². The molecule has 0 spiro atoms. The molecule has 28 heavy (non-hydrogen) atoms. The molecule has 6 nitrogen and oxygen atoms in total. The molecule has 2 N–H and O–H groups in total. The van der Waals surface area contributed by atoms with Crippen molar-refractivity contribution < 1.29 is 9.47 Å². The molecule has 0 saturated carbocycles. The molecule has 6 heteroatoms. The van der Waals surface area contributed by atoms with Gasteiger partial charge in [-0.25, -0.2) is 4.99 Å². The molecule has 1 aromatic rings. The molecule has 0 aromatic heterocycles. The van der Waals surface area contributed by atoms with Crippen LogP contribution in [0.25, 0.3) is 0 Å². The molecule has 0 atom stereocenters. The molecule has 1 heterocycles. The molecule has 0 aliphatic carbocycles. The van der Waals surface area contributed by atoms with Gasteiger partial charge >= 0.3 is 0 Å². The second-order valence-corrected chi connectivity index (χ2v) is 7.63. The van der Waals surface area contributed by atoms with Gasteiger partial charge < -0.3 is 20.1 Å². The molecule has 1 aliphatic heterocycles. The fraction of sp³-hybridized carbons (Fsp3) is 0.682. The Morgan fingerprint density at radius 1 is 1.18 bits per heavy atom. The normalized spacial score (nSPS) is 15.8. The van der Waals surface area contributed by atoms with E-state index in [1.807, 2.05) is 0 Å². The smallest absolute Gasteiger partial charge is 0.191 e. The van der Waals surface area contributed by atoms with Crippen LogP contribution < -0.4 is 10.6 Å². The molecule has 0 amide bonds. The van der Waals surface area contributed by atoms with Crippen LogP contribution in [0.1, 0.15) is 38.3 Å². The summed E-state index contributed by atoms with van der Waals surface area (Å²) in [7, 11) is 0. The number of nitrogens with one attached hydrogen (secondary N) is 2. The molecule has 1 aliphatic rings. The van der Waals surface area contributed by atoms with Crippen LogP contribution in [0.15, 0.2) is 29.3 Å². The van der Waals surface area contributed by atoms with Gasteiger partial charge in [0.1, 0.15) is 0 Å². The zero-order valence-corrected chi connectivity index (χ0v) is 17.9. The van der Waals surface area contributed by atoms with Crippen molar-refractivity contribution in [3.8, 4) is 0 Å². The van der Waals surface area contributed by atoms with E-state index in [4.69, 9.17) is 14.5 Å². The first-order valence-electron chi connectivity index (χ1n) is 10.6. The van der Waals surface area contributed by atoms with E-state index < -0.39 is 0 Å². The van der Waals surface area contributed by atoms with Crippen LogP contribution in [0.2, 0.25) is 0 Å². The molecular formula is C22H38N4O2. The van der Waals surface area contributed by atoms with E-state index in [2.05, 4.69) is 60.6 Å². The average Bonchev–Trinajstić information content (AvgIpc) is 2.69. The zero-order chi connectivity index (χ0) is 20.0. The van der Waals surface area contributed by atoms with Gasteiger partial charge in [-0.15, -0.1) is 0 Å². The Balaban J connectivity index is 1.78. The number of rotatable bonds is 11. The lowest BCUT2D eigenvalue weighted by Gasteiger charge is -2.26. The van der Waals surface area contributed by atoms with Gasteiger partial charge in [-0.1, -0.05) is 38.1 Å². The van der Waals surface area contributed by atoms with E-state index in [0.717, 1.165) is 64.9 Å². The number of ether oxygens (including phenoxy) is 2. The lowest BCUT2D eigenvalue weighted by molar-refractivity contribution is 0.0342. The Morgan fingerprint density at radius 3 is 2.71 bits per heavy atom. The van der Waals surface area contributed by atoms with E-state index >= 15 is 0 Å². The van der Waals surface area contributed by atoms with Crippen molar-refractivity contribution in [1.82, 2.24) is 15.5 Å². The molecule has 0 unspecified atom stereocenters. The van der Waals surface area contributed by atoms with Crippen molar-refractivity contribution in [3.05, 3.63) is 35.4 Å². The third kappa shape index (κ3) is 9.53. The summed E-state index contributed by atoms with van der Waals surface area (Å²) in [5.74, 6) is 1.53. The average molecular weight is 391 g/mol. The van der Waals surface area contributed by atoms with Gasteiger partial charge in [-0.3, -0.25) is 4.90 Å². The quantitative estimate of drug-likeness (QED) is 0.346. The van der Waals surface area contributed by atoms with Gasteiger partial charge in [0.25, 0.3) is 0 Å². The van der Waals surface area contributed by atoms with Crippen molar-refractivity contribution in [2.75, 3.05) is 52.6 Å². The first kappa shape index (κ1) is 22.7. The minimum absolute atomic E-state index is 0.667.